The Labute approximate surface area is 134 Å². The lowest BCUT2D eigenvalue weighted by Crippen LogP contribution is -2.38. The molecule has 23 heavy (non-hydrogen) atoms. The second-order valence-electron chi connectivity index (χ2n) is 5.17. The zero-order valence-corrected chi connectivity index (χ0v) is 14.0. The molecule has 2 aromatic rings. The van der Waals surface area contributed by atoms with Crippen LogP contribution in [0, 0.1) is 6.92 Å². The number of rotatable bonds is 4. The highest BCUT2D eigenvalue weighted by Gasteiger charge is 2.32. The van der Waals surface area contributed by atoms with Crippen molar-refractivity contribution < 1.29 is 17.9 Å². The highest BCUT2D eigenvalue weighted by Crippen LogP contribution is 2.31. The third-order valence-electron chi connectivity index (χ3n) is 3.89. The first kappa shape index (κ1) is 15.8. The summed E-state index contributed by atoms with van der Waals surface area (Å²) in [4.78, 5) is 0.116. The summed E-state index contributed by atoms with van der Waals surface area (Å²) in [5.74, 6) is 2.23. The van der Waals surface area contributed by atoms with Crippen LogP contribution in [0.25, 0.3) is 0 Å². The summed E-state index contributed by atoms with van der Waals surface area (Å²) in [6.07, 6.45) is 0. The van der Waals surface area contributed by atoms with E-state index in [4.69, 9.17) is 9.47 Å². The van der Waals surface area contributed by atoms with E-state index < -0.39 is 10.0 Å². The van der Waals surface area contributed by atoms with Gasteiger partial charge in [0.05, 0.1) is 20.8 Å². The van der Waals surface area contributed by atoms with E-state index in [0.29, 0.717) is 24.7 Å². The van der Waals surface area contributed by atoms with Crippen molar-refractivity contribution in [2.75, 3.05) is 20.8 Å². The number of hydrogen-bond donors (Lipinski definition) is 0. The number of sulfonamides is 1. The van der Waals surface area contributed by atoms with Gasteiger partial charge in [-0.1, -0.05) is 0 Å². The first-order valence-electron chi connectivity index (χ1n) is 7.08. The first-order valence-corrected chi connectivity index (χ1v) is 8.52. The number of aromatic nitrogens is 3. The SMILES string of the molecule is COc1ccc(S(=O)(=O)N2CCn3c(C)nnc3C2)c(OC)c1. The summed E-state index contributed by atoms with van der Waals surface area (Å²) in [7, 11) is -0.740. The van der Waals surface area contributed by atoms with Crippen molar-refractivity contribution in [3.63, 3.8) is 0 Å². The minimum absolute atomic E-state index is 0.116. The topological polar surface area (TPSA) is 86.6 Å². The van der Waals surface area contributed by atoms with Crippen LogP contribution in [0.15, 0.2) is 23.1 Å². The maximum atomic E-state index is 12.9. The average Bonchev–Trinajstić information content (AvgIpc) is 2.94. The highest BCUT2D eigenvalue weighted by atomic mass is 32.2. The lowest BCUT2D eigenvalue weighted by molar-refractivity contribution is 0.329. The fourth-order valence-corrected chi connectivity index (χ4v) is 4.14. The minimum Gasteiger partial charge on any atom is -0.497 e. The molecule has 0 unspecified atom stereocenters. The Bertz CT molecular complexity index is 831. The maximum absolute atomic E-state index is 12.9. The highest BCUT2D eigenvalue weighted by molar-refractivity contribution is 7.89. The molecule has 0 saturated heterocycles. The Morgan fingerprint density at radius 3 is 2.61 bits per heavy atom. The molecule has 3 rings (SSSR count). The molecule has 1 aromatic carbocycles. The summed E-state index contributed by atoms with van der Waals surface area (Å²) in [5.41, 5.74) is 0. The Morgan fingerprint density at radius 2 is 1.91 bits per heavy atom. The number of benzene rings is 1. The van der Waals surface area contributed by atoms with Crippen LogP contribution in [-0.4, -0.2) is 48.3 Å². The fraction of sp³-hybridized carbons (Fsp3) is 0.429. The number of aryl methyl sites for hydroxylation is 1. The molecule has 1 aliphatic heterocycles. The zero-order chi connectivity index (χ0) is 16.6. The maximum Gasteiger partial charge on any atom is 0.247 e. The van der Waals surface area contributed by atoms with Crippen molar-refractivity contribution in [2.45, 2.75) is 24.9 Å². The van der Waals surface area contributed by atoms with Crippen molar-refractivity contribution in [1.29, 1.82) is 0 Å². The smallest absolute Gasteiger partial charge is 0.247 e. The second-order valence-corrected chi connectivity index (χ2v) is 7.08. The van der Waals surface area contributed by atoms with Gasteiger partial charge in [-0.2, -0.15) is 4.31 Å². The summed E-state index contributed by atoms with van der Waals surface area (Å²) in [6.45, 7) is 2.95. The van der Waals surface area contributed by atoms with Crippen LogP contribution in [-0.2, 0) is 23.1 Å². The summed E-state index contributed by atoms with van der Waals surface area (Å²) in [5, 5.41) is 8.03. The van der Waals surface area contributed by atoms with Gasteiger partial charge in [0.25, 0.3) is 0 Å². The van der Waals surface area contributed by atoms with E-state index in [1.54, 1.807) is 12.1 Å². The van der Waals surface area contributed by atoms with Crippen molar-refractivity contribution in [1.82, 2.24) is 19.1 Å². The molecule has 0 bridgehead atoms. The Hall–Kier alpha value is -2.13. The molecule has 0 spiro atoms. The molecule has 0 aliphatic carbocycles. The van der Waals surface area contributed by atoms with E-state index in [0.717, 1.165) is 5.82 Å². The van der Waals surface area contributed by atoms with Gasteiger partial charge in [-0.15, -0.1) is 10.2 Å². The third kappa shape index (κ3) is 2.66. The summed E-state index contributed by atoms with van der Waals surface area (Å²) >= 11 is 0. The quantitative estimate of drug-likeness (QED) is 0.820. The van der Waals surface area contributed by atoms with Gasteiger partial charge in [-0.25, -0.2) is 8.42 Å². The minimum atomic E-state index is -3.69. The molecule has 0 amide bonds. The standard InChI is InChI=1S/C14H18N4O4S/c1-10-15-16-14-9-17(6-7-18(10)14)23(19,20)13-5-4-11(21-2)8-12(13)22-3/h4-5,8H,6-7,9H2,1-3H3. The molecule has 2 heterocycles. The fourth-order valence-electron chi connectivity index (χ4n) is 2.61. The van der Waals surface area contributed by atoms with Crippen LogP contribution in [0.2, 0.25) is 0 Å². The van der Waals surface area contributed by atoms with Gasteiger partial charge in [0, 0.05) is 19.2 Å². The Morgan fingerprint density at radius 1 is 1.13 bits per heavy atom. The molecule has 0 radical (unpaired) electrons. The molecule has 124 valence electrons. The van der Waals surface area contributed by atoms with Crippen molar-refractivity contribution >= 4 is 10.0 Å². The average molecular weight is 338 g/mol. The first-order chi connectivity index (χ1) is 11.0. The normalized spacial score (nSPS) is 15.3. The molecule has 8 nitrogen and oxygen atoms in total. The van der Waals surface area contributed by atoms with Gasteiger partial charge in [0.15, 0.2) is 0 Å². The number of methoxy groups -OCH3 is 2. The molecule has 0 atom stereocenters. The second kappa shape index (κ2) is 5.82. The third-order valence-corrected chi connectivity index (χ3v) is 5.78. The van der Waals surface area contributed by atoms with Gasteiger partial charge >= 0.3 is 0 Å². The van der Waals surface area contributed by atoms with Gasteiger partial charge in [0.1, 0.15) is 28.0 Å². The van der Waals surface area contributed by atoms with E-state index in [2.05, 4.69) is 10.2 Å². The number of fused-ring (bicyclic) bond motifs is 1. The van der Waals surface area contributed by atoms with E-state index in [1.807, 2.05) is 11.5 Å². The van der Waals surface area contributed by atoms with Gasteiger partial charge in [0.2, 0.25) is 10.0 Å². The zero-order valence-electron chi connectivity index (χ0n) is 13.2. The Balaban J connectivity index is 1.96. The largest absolute Gasteiger partial charge is 0.497 e. The lowest BCUT2D eigenvalue weighted by Gasteiger charge is -2.27. The lowest BCUT2D eigenvalue weighted by atomic mass is 10.3. The molecule has 0 fully saturated rings. The van der Waals surface area contributed by atoms with Crippen LogP contribution in [0.5, 0.6) is 11.5 Å². The van der Waals surface area contributed by atoms with E-state index >= 15 is 0 Å². The van der Waals surface area contributed by atoms with Crippen LogP contribution >= 0.6 is 0 Å². The summed E-state index contributed by atoms with van der Waals surface area (Å²) in [6, 6.07) is 4.66. The molecule has 0 saturated carbocycles. The summed E-state index contributed by atoms with van der Waals surface area (Å²) < 4.78 is 39.5. The van der Waals surface area contributed by atoms with Crippen molar-refractivity contribution in [2.24, 2.45) is 0 Å². The molecule has 9 heteroatoms. The predicted octanol–water partition coefficient (Wildman–Crippen LogP) is 0.808. The van der Waals surface area contributed by atoms with Crippen LogP contribution in [0.3, 0.4) is 0 Å². The predicted molar refractivity (Wildman–Crippen MR) is 81.9 cm³/mol. The van der Waals surface area contributed by atoms with Gasteiger partial charge < -0.3 is 14.0 Å². The van der Waals surface area contributed by atoms with Gasteiger partial charge in [-0.05, 0) is 19.1 Å². The van der Waals surface area contributed by atoms with Crippen LogP contribution < -0.4 is 9.47 Å². The number of ether oxygens (including phenoxy) is 2. The van der Waals surface area contributed by atoms with Gasteiger partial charge in [-0.3, -0.25) is 0 Å². The van der Waals surface area contributed by atoms with E-state index in [9.17, 15) is 8.42 Å². The van der Waals surface area contributed by atoms with Crippen molar-refractivity contribution in [3.8, 4) is 11.5 Å². The number of hydrogen-bond acceptors (Lipinski definition) is 6. The number of nitrogens with zero attached hydrogens (tertiary/aromatic N) is 4. The van der Waals surface area contributed by atoms with Crippen molar-refractivity contribution in [3.05, 3.63) is 29.8 Å². The molecule has 1 aromatic heterocycles. The van der Waals surface area contributed by atoms with E-state index in [-0.39, 0.29) is 17.2 Å². The van der Waals surface area contributed by atoms with E-state index in [1.165, 1.54) is 24.6 Å². The van der Waals surface area contributed by atoms with Crippen LogP contribution in [0.1, 0.15) is 11.6 Å². The monoisotopic (exact) mass is 338 g/mol. The molecule has 1 aliphatic rings. The van der Waals surface area contributed by atoms with Crippen LogP contribution in [0.4, 0.5) is 0 Å². The molecule has 0 N–H and O–H groups in total. The Kier molecular flexibility index (Phi) is 3.99. The molecular formula is C14H18N4O4S. The molecular weight excluding hydrogens is 320 g/mol.